The first-order chi connectivity index (χ1) is 14.8. The zero-order chi connectivity index (χ0) is 22.6. The summed E-state index contributed by atoms with van der Waals surface area (Å²) in [6, 6.07) is 8.41. The third kappa shape index (κ3) is 5.33. The number of ether oxygens (including phenoxy) is 5. The summed E-state index contributed by atoms with van der Waals surface area (Å²) in [5.74, 6) is -2.78. The lowest BCUT2D eigenvalue weighted by molar-refractivity contribution is -0.182. The molecule has 1 aliphatic heterocycles. The van der Waals surface area contributed by atoms with Gasteiger partial charge in [-0.05, 0) is 19.4 Å². The van der Waals surface area contributed by atoms with Crippen LogP contribution in [0.1, 0.15) is 19.4 Å². The van der Waals surface area contributed by atoms with Crippen LogP contribution in [0.3, 0.4) is 0 Å². The second-order valence-electron chi connectivity index (χ2n) is 7.82. The van der Waals surface area contributed by atoms with Gasteiger partial charge in [0.15, 0.2) is 5.79 Å². The molecule has 0 bridgehead atoms. The lowest BCUT2D eigenvalue weighted by atomic mass is 10.0. The molecule has 31 heavy (non-hydrogen) atoms. The maximum atomic E-state index is 12.5. The van der Waals surface area contributed by atoms with E-state index in [4.69, 9.17) is 23.7 Å². The van der Waals surface area contributed by atoms with E-state index < -0.39 is 54.0 Å². The highest BCUT2D eigenvalue weighted by Gasteiger charge is 2.62. The Bertz CT molecular complexity index is 800. The summed E-state index contributed by atoms with van der Waals surface area (Å²) in [7, 11) is 2.72. The zero-order valence-corrected chi connectivity index (χ0v) is 18.0. The maximum Gasteiger partial charge on any atom is 0.407 e. The Morgan fingerprint density at radius 1 is 1.06 bits per heavy atom. The monoisotopic (exact) mass is 436 g/mol. The topological polar surface area (TPSA) is 121 Å². The molecule has 1 aromatic carbocycles. The molecule has 1 aromatic rings. The molecule has 2 fully saturated rings. The van der Waals surface area contributed by atoms with Crippen molar-refractivity contribution in [2.24, 2.45) is 5.92 Å². The van der Waals surface area contributed by atoms with Gasteiger partial charge in [-0.3, -0.25) is 9.59 Å². The largest absolute Gasteiger partial charge is 0.469 e. The average molecular weight is 436 g/mol. The van der Waals surface area contributed by atoms with Gasteiger partial charge < -0.3 is 34.3 Å². The number of amides is 2. The third-order valence-electron chi connectivity index (χ3n) is 5.26. The quantitative estimate of drug-likeness (QED) is 0.600. The Hall–Kier alpha value is -2.69. The van der Waals surface area contributed by atoms with Gasteiger partial charge >= 0.3 is 12.1 Å². The minimum Gasteiger partial charge on any atom is -0.469 e. The maximum absolute atomic E-state index is 12.5. The van der Waals surface area contributed by atoms with Gasteiger partial charge in [0.05, 0.1) is 13.2 Å². The second kappa shape index (κ2) is 9.63. The van der Waals surface area contributed by atoms with Gasteiger partial charge in [0.2, 0.25) is 5.91 Å². The van der Waals surface area contributed by atoms with Gasteiger partial charge in [-0.2, -0.15) is 0 Å². The highest BCUT2D eigenvalue weighted by molar-refractivity contribution is 5.83. The van der Waals surface area contributed by atoms with Crippen molar-refractivity contribution in [3.63, 3.8) is 0 Å². The number of esters is 1. The number of rotatable bonds is 7. The number of methoxy groups -OCH3 is 2. The average Bonchev–Trinajstić information content (AvgIpc) is 3.21. The number of alkyl carbamates (subject to hydrolysis) is 1. The molecule has 1 saturated carbocycles. The fraction of sp³-hybridized carbons (Fsp3) is 0.571. The van der Waals surface area contributed by atoms with Crippen LogP contribution in [0.4, 0.5) is 4.79 Å². The van der Waals surface area contributed by atoms with Crippen LogP contribution in [-0.2, 0) is 39.9 Å². The van der Waals surface area contributed by atoms with Gasteiger partial charge in [-0.25, -0.2) is 4.79 Å². The summed E-state index contributed by atoms with van der Waals surface area (Å²) < 4.78 is 27.3. The fourth-order valence-corrected chi connectivity index (χ4v) is 4.00. The SMILES string of the molecule is COC(=O)[C@H]1[C@H](NC(=O)CNC(=O)OCc2ccccc2)[C@H]2OC(C)(C)O[C@H]2[C@@H]1OC. The van der Waals surface area contributed by atoms with Crippen molar-refractivity contribution < 1.29 is 38.1 Å². The van der Waals surface area contributed by atoms with E-state index in [0.29, 0.717) is 0 Å². The number of hydrogen-bond acceptors (Lipinski definition) is 8. The summed E-state index contributed by atoms with van der Waals surface area (Å²) in [6.07, 6.45) is -2.56. The van der Waals surface area contributed by atoms with Gasteiger partial charge in [0.25, 0.3) is 0 Å². The number of carbonyl (C=O) groups is 3. The van der Waals surface area contributed by atoms with Crippen molar-refractivity contribution >= 4 is 18.0 Å². The number of benzene rings is 1. The van der Waals surface area contributed by atoms with Crippen molar-refractivity contribution in [3.8, 4) is 0 Å². The van der Waals surface area contributed by atoms with Crippen molar-refractivity contribution in [2.75, 3.05) is 20.8 Å². The molecule has 1 aliphatic carbocycles. The van der Waals surface area contributed by atoms with Crippen LogP contribution < -0.4 is 10.6 Å². The summed E-state index contributed by atoms with van der Waals surface area (Å²) in [6.45, 7) is 3.24. The molecule has 2 aliphatic rings. The number of hydrogen-bond donors (Lipinski definition) is 2. The molecule has 1 saturated heterocycles. The Morgan fingerprint density at radius 3 is 2.39 bits per heavy atom. The Kier molecular flexibility index (Phi) is 7.14. The van der Waals surface area contributed by atoms with Crippen LogP contribution in [0.5, 0.6) is 0 Å². The Balaban J connectivity index is 1.58. The molecule has 1 heterocycles. The number of nitrogens with one attached hydrogen (secondary N) is 2. The molecule has 0 aromatic heterocycles. The molecule has 170 valence electrons. The summed E-state index contributed by atoms with van der Waals surface area (Å²) in [5, 5.41) is 5.14. The van der Waals surface area contributed by atoms with E-state index in [1.54, 1.807) is 13.8 Å². The first-order valence-electron chi connectivity index (χ1n) is 9.96. The lowest BCUT2D eigenvalue weighted by Gasteiger charge is -2.28. The number of fused-ring (bicyclic) bond motifs is 1. The standard InChI is InChI=1S/C21H28N2O8/c1-21(2)30-17-15(14(19(25)28-4)16(27-3)18(17)31-21)23-13(24)10-22-20(26)29-11-12-8-6-5-7-9-12/h5-9,14-18H,10-11H2,1-4H3,(H,22,26)(H,23,24)/t14-,15-,16+,17+,18-/m0/s1. The predicted molar refractivity (Wildman–Crippen MR) is 107 cm³/mol. The van der Waals surface area contributed by atoms with E-state index >= 15 is 0 Å². The summed E-state index contributed by atoms with van der Waals surface area (Å²) in [5.41, 5.74) is 0.826. The minimum atomic E-state index is -0.893. The van der Waals surface area contributed by atoms with Crippen LogP contribution in [0.15, 0.2) is 30.3 Å². The minimum absolute atomic E-state index is 0.0842. The van der Waals surface area contributed by atoms with E-state index in [-0.39, 0.29) is 13.2 Å². The van der Waals surface area contributed by atoms with Crippen LogP contribution in [0.2, 0.25) is 0 Å². The number of carbonyl (C=O) groups excluding carboxylic acids is 3. The highest BCUT2D eigenvalue weighted by Crippen LogP contribution is 2.43. The van der Waals surface area contributed by atoms with Crippen molar-refractivity contribution in [3.05, 3.63) is 35.9 Å². The molecule has 10 nitrogen and oxygen atoms in total. The molecule has 5 atom stereocenters. The van der Waals surface area contributed by atoms with Gasteiger partial charge in [-0.1, -0.05) is 30.3 Å². The first kappa shape index (κ1) is 23.0. The molecule has 10 heteroatoms. The van der Waals surface area contributed by atoms with Gasteiger partial charge in [-0.15, -0.1) is 0 Å². The van der Waals surface area contributed by atoms with Gasteiger partial charge in [0, 0.05) is 7.11 Å². The lowest BCUT2D eigenvalue weighted by Crippen LogP contribution is -2.51. The summed E-state index contributed by atoms with van der Waals surface area (Å²) >= 11 is 0. The second-order valence-corrected chi connectivity index (χ2v) is 7.82. The van der Waals surface area contributed by atoms with Crippen LogP contribution >= 0.6 is 0 Å². The normalized spacial score (nSPS) is 28.5. The van der Waals surface area contributed by atoms with E-state index in [0.717, 1.165) is 5.56 Å². The highest BCUT2D eigenvalue weighted by atomic mass is 16.8. The van der Waals surface area contributed by atoms with Crippen LogP contribution in [-0.4, -0.2) is 68.9 Å². The predicted octanol–water partition coefficient (Wildman–Crippen LogP) is 0.736. The molecular formula is C21H28N2O8. The molecule has 2 amide bonds. The first-order valence-corrected chi connectivity index (χ1v) is 9.96. The molecule has 0 unspecified atom stereocenters. The molecule has 2 N–H and O–H groups in total. The molecule has 3 rings (SSSR count). The van der Waals surface area contributed by atoms with E-state index in [9.17, 15) is 14.4 Å². The van der Waals surface area contributed by atoms with Crippen LogP contribution in [0, 0.1) is 5.92 Å². The van der Waals surface area contributed by atoms with E-state index in [1.165, 1.54) is 14.2 Å². The van der Waals surface area contributed by atoms with Gasteiger partial charge in [0.1, 0.15) is 37.4 Å². The third-order valence-corrected chi connectivity index (χ3v) is 5.26. The zero-order valence-electron chi connectivity index (χ0n) is 18.0. The molecular weight excluding hydrogens is 408 g/mol. The Morgan fingerprint density at radius 2 is 1.74 bits per heavy atom. The van der Waals surface area contributed by atoms with Crippen molar-refractivity contribution in [1.29, 1.82) is 0 Å². The van der Waals surface area contributed by atoms with E-state index in [1.807, 2.05) is 30.3 Å². The molecule has 0 radical (unpaired) electrons. The smallest absolute Gasteiger partial charge is 0.407 e. The van der Waals surface area contributed by atoms with Crippen molar-refractivity contribution in [2.45, 2.75) is 50.6 Å². The summed E-state index contributed by atoms with van der Waals surface area (Å²) in [4.78, 5) is 36.8. The van der Waals surface area contributed by atoms with Crippen molar-refractivity contribution in [1.82, 2.24) is 10.6 Å². The molecule has 0 spiro atoms. The van der Waals surface area contributed by atoms with Crippen LogP contribution in [0.25, 0.3) is 0 Å². The fourth-order valence-electron chi connectivity index (χ4n) is 4.00. The van der Waals surface area contributed by atoms with E-state index in [2.05, 4.69) is 10.6 Å². The Labute approximate surface area is 180 Å².